The van der Waals surface area contributed by atoms with Crippen LogP contribution in [0.5, 0.6) is 0 Å². The lowest BCUT2D eigenvalue weighted by Gasteiger charge is -2.32. The number of nitrogens with one attached hydrogen (secondary N) is 1. The molecular weight excluding hydrogens is 272 g/mol. The Morgan fingerprint density at radius 2 is 1.86 bits per heavy atom. The van der Waals surface area contributed by atoms with E-state index < -0.39 is 5.54 Å². The van der Waals surface area contributed by atoms with Crippen LogP contribution in [0.15, 0.2) is 0 Å². The molecule has 0 bridgehead atoms. The average molecular weight is 300 g/mol. The highest BCUT2D eigenvalue weighted by atomic mass is 16.5. The lowest BCUT2D eigenvalue weighted by molar-refractivity contribution is -0.128. The fourth-order valence-electron chi connectivity index (χ4n) is 2.55. The van der Waals surface area contributed by atoms with Crippen molar-refractivity contribution in [1.82, 2.24) is 5.32 Å². The molecule has 1 amide bonds. The molecule has 1 atom stereocenters. The molecule has 0 aromatic rings. The van der Waals surface area contributed by atoms with E-state index in [1.165, 1.54) is 0 Å². The Morgan fingerprint density at radius 1 is 1.14 bits per heavy atom. The lowest BCUT2D eigenvalue weighted by Crippen LogP contribution is -2.61. The van der Waals surface area contributed by atoms with Crippen LogP contribution in [0.4, 0.5) is 0 Å². The average Bonchev–Trinajstić information content (AvgIpc) is 3.33. The van der Waals surface area contributed by atoms with Crippen LogP contribution >= 0.6 is 0 Å². The van der Waals surface area contributed by atoms with Gasteiger partial charge in [0.1, 0.15) is 5.54 Å². The highest BCUT2D eigenvalue weighted by Gasteiger charge is 2.52. The highest BCUT2D eigenvalue weighted by Crippen LogP contribution is 2.41. The topological polar surface area (TPSA) is 82.8 Å². The van der Waals surface area contributed by atoms with Gasteiger partial charge in [-0.3, -0.25) is 10.1 Å². The van der Waals surface area contributed by atoms with Crippen molar-refractivity contribution < 1.29 is 19.0 Å². The van der Waals surface area contributed by atoms with Crippen LogP contribution in [0.25, 0.3) is 0 Å². The molecule has 2 aliphatic rings. The van der Waals surface area contributed by atoms with Crippen LogP contribution in [-0.4, -0.2) is 57.6 Å². The van der Waals surface area contributed by atoms with Crippen molar-refractivity contribution in [3.8, 4) is 0 Å². The Balaban J connectivity index is 1.66. The number of amides is 1. The third-order valence-electron chi connectivity index (χ3n) is 4.09. The standard InChI is InChI=1S/C15H28N2O4/c1-19-7-2-8-20-9-10-21-11-15(14(16)18,12-3-4-12)17-13-5-6-13/h12-13,17H,2-11H2,1H3,(H2,16,18). The van der Waals surface area contributed by atoms with Crippen LogP contribution in [0.2, 0.25) is 0 Å². The van der Waals surface area contributed by atoms with Crippen molar-refractivity contribution in [2.24, 2.45) is 11.7 Å². The fourth-order valence-corrected chi connectivity index (χ4v) is 2.55. The number of hydrogen-bond acceptors (Lipinski definition) is 5. The zero-order valence-corrected chi connectivity index (χ0v) is 12.9. The molecular formula is C15H28N2O4. The van der Waals surface area contributed by atoms with E-state index in [-0.39, 0.29) is 5.91 Å². The predicted molar refractivity (Wildman–Crippen MR) is 78.9 cm³/mol. The van der Waals surface area contributed by atoms with E-state index in [0.717, 1.165) is 32.1 Å². The summed E-state index contributed by atoms with van der Waals surface area (Å²) >= 11 is 0. The molecule has 2 aliphatic carbocycles. The minimum Gasteiger partial charge on any atom is -0.385 e. The molecule has 122 valence electrons. The Morgan fingerprint density at radius 3 is 2.43 bits per heavy atom. The number of rotatable bonds is 13. The predicted octanol–water partition coefficient (Wildman–Crippen LogP) is 0.442. The zero-order valence-electron chi connectivity index (χ0n) is 12.9. The Kier molecular flexibility index (Phi) is 6.41. The third-order valence-corrected chi connectivity index (χ3v) is 4.09. The second kappa shape index (κ2) is 8.08. The summed E-state index contributed by atoms with van der Waals surface area (Å²) in [6.07, 6.45) is 5.25. The Labute approximate surface area is 126 Å². The van der Waals surface area contributed by atoms with Gasteiger partial charge >= 0.3 is 0 Å². The molecule has 21 heavy (non-hydrogen) atoms. The SMILES string of the molecule is COCCCOCCOCC(NC1CC1)(C(N)=O)C1CC1. The second-order valence-electron chi connectivity index (χ2n) is 6.04. The number of carbonyl (C=O) groups is 1. The zero-order chi connectivity index (χ0) is 15.1. The second-order valence-corrected chi connectivity index (χ2v) is 6.04. The van der Waals surface area contributed by atoms with Crippen LogP contribution in [0.1, 0.15) is 32.1 Å². The summed E-state index contributed by atoms with van der Waals surface area (Å²) in [6.45, 7) is 2.75. The molecule has 0 spiro atoms. The molecule has 0 aliphatic heterocycles. The first kappa shape index (κ1) is 16.7. The maximum atomic E-state index is 11.9. The summed E-state index contributed by atoms with van der Waals surface area (Å²) in [6, 6.07) is 0.437. The quantitative estimate of drug-likeness (QED) is 0.482. The van der Waals surface area contributed by atoms with Crippen molar-refractivity contribution in [2.75, 3.05) is 40.1 Å². The molecule has 1 unspecified atom stereocenters. The smallest absolute Gasteiger partial charge is 0.240 e. The van der Waals surface area contributed by atoms with Gasteiger partial charge in [0, 0.05) is 26.4 Å². The molecule has 6 nitrogen and oxygen atoms in total. The molecule has 3 N–H and O–H groups in total. The van der Waals surface area contributed by atoms with Gasteiger partial charge in [0.15, 0.2) is 0 Å². The van der Waals surface area contributed by atoms with Crippen molar-refractivity contribution in [3.63, 3.8) is 0 Å². The lowest BCUT2D eigenvalue weighted by atomic mass is 9.93. The monoisotopic (exact) mass is 300 g/mol. The fraction of sp³-hybridized carbons (Fsp3) is 0.933. The molecule has 2 rings (SSSR count). The van der Waals surface area contributed by atoms with Gasteiger partial charge in [-0.05, 0) is 38.0 Å². The van der Waals surface area contributed by atoms with Crippen molar-refractivity contribution in [3.05, 3.63) is 0 Å². The van der Waals surface area contributed by atoms with Gasteiger partial charge in [0.05, 0.1) is 19.8 Å². The van der Waals surface area contributed by atoms with Crippen molar-refractivity contribution in [1.29, 1.82) is 0 Å². The molecule has 0 radical (unpaired) electrons. The molecule has 6 heteroatoms. The van der Waals surface area contributed by atoms with E-state index in [4.69, 9.17) is 19.9 Å². The van der Waals surface area contributed by atoms with Crippen molar-refractivity contribution in [2.45, 2.75) is 43.7 Å². The minimum absolute atomic E-state index is 0.280. The van der Waals surface area contributed by atoms with Gasteiger partial charge in [-0.1, -0.05) is 0 Å². The highest BCUT2D eigenvalue weighted by molar-refractivity contribution is 5.86. The van der Waals surface area contributed by atoms with Gasteiger partial charge in [-0.2, -0.15) is 0 Å². The van der Waals surface area contributed by atoms with E-state index in [2.05, 4.69) is 5.32 Å². The number of methoxy groups -OCH3 is 1. The van der Waals surface area contributed by atoms with E-state index in [1.54, 1.807) is 7.11 Å². The van der Waals surface area contributed by atoms with Gasteiger partial charge in [-0.25, -0.2) is 0 Å². The number of nitrogens with two attached hydrogens (primary N) is 1. The molecule has 0 heterocycles. The van der Waals surface area contributed by atoms with Crippen LogP contribution in [0.3, 0.4) is 0 Å². The van der Waals surface area contributed by atoms with Crippen LogP contribution in [0, 0.1) is 5.92 Å². The number of hydrogen-bond donors (Lipinski definition) is 2. The number of ether oxygens (including phenoxy) is 3. The van der Waals surface area contributed by atoms with Crippen molar-refractivity contribution >= 4 is 5.91 Å². The van der Waals surface area contributed by atoms with Crippen LogP contribution in [-0.2, 0) is 19.0 Å². The van der Waals surface area contributed by atoms with Gasteiger partial charge in [0.25, 0.3) is 0 Å². The van der Waals surface area contributed by atoms with E-state index in [9.17, 15) is 4.79 Å². The van der Waals surface area contributed by atoms with Crippen LogP contribution < -0.4 is 11.1 Å². The number of primary amides is 1. The maximum Gasteiger partial charge on any atom is 0.240 e. The Hall–Kier alpha value is -0.690. The largest absolute Gasteiger partial charge is 0.385 e. The van der Waals surface area contributed by atoms with E-state index in [1.807, 2.05) is 0 Å². The first-order valence-electron chi connectivity index (χ1n) is 7.91. The summed E-state index contributed by atoms with van der Waals surface area (Å²) in [4.78, 5) is 11.9. The van der Waals surface area contributed by atoms with Gasteiger partial charge in [0.2, 0.25) is 5.91 Å². The van der Waals surface area contributed by atoms with Gasteiger partial charge in [-0.15, -0.1) is 0 Å². The summed E-state index contributed by atoms with van der Waals surface area (Å²) < 4.78 is 16.1. The Bertz CT molecular complexity index is 332. The number of carbonyl (C=O) groups excluding carboxylic acids is 1. The minimum atomic E-state index is -0.669. The normalized spacial score (nSPS) is 21.2. The third kappa shape index (κ3) is 5.21. The first-order valence-corrected chi connectivity index (χ1v) is 7.91. The molecule has 2 fully saturated rings. The summed E-state index contributed by atoms with van der Waals surface area (Å²) in [5.41, 5.74) is 4.99. The first-order chi connectivity index (χ1) is 10.2. The molecule has 0 saturated heterocycles. The molecule has 0 aromatic carbocycles. The summed E-state index contributed by atoms with van der Waals surface area (Å²) in [5.74, 6) is 0.0520. The summed E-state index contributed by atoms with van der Waals surface area (Å²) in [5, 5.41) is 3.43. The molecule has 0 aromatic heterocycles. The molecule has 2 saturated carbocycles. The maximum absolute atomic E-state index is 11.9. The van der Waals surface area contributed by atoms with E-state index in [0.29, 0.717) is 45.0 Å². The van der Waals surface area contributed by atoms with E-state index >= 15 is 0 Å². The summed E-state index contributed by atoms with van der Waals surface area (Å²) in [7, 11) is 1.68. The van der Waals surface area contributed by atoms with Gasteiger partial charge < -0.3 is 19.9 Å².